The van der Waals surface area contributed by atoms with Crippen LogP contribution in [0.1, 0.15) is 83.6 Å². The summed E-state index contributed by atoms with van der Waals surface area (Å²) in [5.41, 5.74) is 2.41. The summed E-state index contributed by atoms with van der Waals surface area (Å²) in [5.74, 6) is 4.35. The summed E-state index contributed by atoms with van der Waals surface area (Å²) in [6.07, 6.45) is 9.92. The third-order valence-electron chi connectivity index (χ3n) is 8.18. The van der Waals surface area contributed by atoms with E-state index >= 15 is 0 Å². The molecule has 4 nitrogen and oxygen atoms in total. The molecule has 1 aromatic carbocycles. The Hall–Kier alpha value is -1.20. The summed E-state index contributed by atoms with van der Waals surface area (Å²) >= 11 is 1.90. The van der Waals surface area contributed by atoms with Gasteiger partial charge in [-0.05, 0) is 86.3 Å². The summed E-state index contributed by atoms with van der Waals surface area (Å²) in [5, 5.41) is 4.35. The highest BCUT2D eigenvalue weighted by Crippen LogP contribution is 2.57. The number of thioether (sulfide) groups is 1. The minimum absolute atomic E-state index is 0. The van der Waals surface area contributed by atoms with Gasteiger partial charge in [-0.15, -0.1) is 12.4 Å². The van der Waals surface area contributed by atoms with E-state index in [1.807, 2.05) is 23.9 Å². The topological polar surface area (TPSA) is 44.7 Å². The van der Waals surface area contributed by atoms with Crippen molar-refractivity contribution in [2.75, 3.05) is 17.6 Å². The molecular weight excluding hydrogens is 450 g/mol. The molecule has 0 aromatic heterocycles. The van der Waals surface area contributed by atoms with Gasteiger partial charge in [-0.2, -0.15) is 0 Å². The number of nitrogens with one attached hydrogen (secondary N) is 1. The Kier molecular flexibility index (Phi) is 7.69. The van der Waals surface area contributed by atoms with Crippen molar-refractivity contribution in [1.29, 1.82) is 0 Å². The van der Waals surface area contributed by atoms with Gasteiger partial charge in [0.05, 0.1) is 5.54 Å². The molecule has 1 saturated heterocycles. The van der Waals surface area contributed by atoms with Crippen LogP contribution in [0.15, 0.2) is 29.3 Å². The maximum Gasteiger partial charge on any atom is 0.226 e. The van der Waals surface area contributed by atoms with Crippen LogP contribution >= 0.6 is 24.2 Å². The van der Waals surface area contributed by atoms with Crippen molar-refractivity contribution in [3.05, 3.63) is 29.8 Å². The Morgan fingerprint density at radius 3 is 2.27 bits per heavy atom. The van der Waals surface area contributed by atoms with Gasteiger partial charge in [-0.3, -0.25) is 9.79 Å². The molecule has 33 heavy (non-hydrogen) atoms. The van der Waals surface area contributed by atoms with E-state index in [2.05, 4.69) is 43.1 Å². The van der Waals surface area contributed by atoms with Crippen molar-refractivity contribution in [3.8, 4) is 0 Å². The zero-order valence-electron chi connectivity index (χ0n) is 20.4. The normalized spacial score (nSPS) is 33.6. The molecule has 6 heteroatoms. The highest BCUT2D eigenvalue weighted by Gasteiger charge is 2.51. The van der Waals surface area contributed by atoms with Gasteiger partial charge in [0.15, 0.2) is 5.17 Å². The van der Waals surface area contributed by atoms with E-state index < -0.39 is 0 Å². The van der Waals surface area contributed by atoms with Crippen LogP contribution in [0.2, 0.25) is 0 Å². The number of benzene rings is 1. The fourth-order valence-electron chi connectivity index (χ4n) is 7.07. The average Bonchev–Trinajstić information content (AvgIpc) is 3.08. The number of anilines is 1. The highest BCUT2D eigenvalue weighted by atomic mass is 35.5. The molecule has 1 atom stereocenters. The van der Waals surface area contributed by atoms with E-state index in [9.17, 15) is 4.79 Å². The Balaban J connectivity index is 0.00000259. The van der Waals surface area contributed by atoms with Crippen LogP contribution < -0.4 is 5.32 Å². The Labute approximate surface area is 210 Å². The molecule has 0 radical (unpaired) electrons. The first-order valence-electron chi connectivity index (χ1n) is 12.8. The first kappa shape index (κ1) is 24.9. The fourth-order valence-corrected chi connectivity index (χ4v) is 8.37. The molecule has 1 N–H and O–H groups in total. The highest BCUT2D eigenvalue weighted by molar-refractivity contribution is 8.14. The first-order chi connectivity index (χ1) is 15.4. The molecule has 1 heterocycles. The van der Waals surface area contributed by atoms with Crippen LogP contribution in [-0.4, -0.2) is 39.9 Å². The molecule has 6 rings (SSSR count). The van der Waals surface area contributed by atoms with Gasteiger partial charge in [0, 0.05) is 30.4 Å². The number of hydrogen-bond acceptors (Lipinski definition) is 3. The van der Waals surface area contributed by atoms with Gasteiger partial charge in [0.2, 0.25) is 5.91 Å². The van der Waals surface area contributed by atoms with Gasteiger partial charge in [-0.25, -0.2) is 0 Å². The van der Waals surface area contributed by atoms with Crippen LogP contribution in [-0.2, 0) is 4.79 Å². The summed E-state index contributed by atoms with van der Waals surface area (Å²) < 4.78 is 0. The van der Waals surface area contributed by atoms with E-state index in [1.165, 1.54) is 49.3 Å². The molecule has 4 aliphatic carbocycles. The predicted octanol–water partition coefficient (Wildman–Crippen LogP) is 6.71. The number of halogens is 1. The second-order valence-corrected chi connectivity index (χ2v) is 12.2. The van der Waals surface area contributed by atoms with Gasteiger partial charge in [-0.1, -0.05) is 44.7 Å². The van der Waals surface area contributed by atoms with E-state index in [0.717, 1.165) is 42.2 Å². The average molecular weight is 490 g/mol. The van der Waals surface area contributed by atoms with Crippen molar-refractivity contribution in [2.45, 2.75) is 89.6 Å². The summed E-state index contributed by atoms with van der Waals surface area (Å²) in [6, 6.07) is 8.54. The van der Waals surface area contributed by atoms with E-state index in [-0.39, 0.29) is 29.9 Å². The van der Waals surface area contributed by atoms with Crippen molar-refractivity contribution < 1.29 is 4.79 Å². The Bertz CT molecular complexity index is 833. The molecule has 1 amide bonds. The first-order valence-corrected chi connectivity index (χ1v) is 13.8. The number of carbonyl (C=O) groups excluding carboxylic acids is 1. The van der Waals surface area contributed by atoms with Crippen LogP contribution in [0.5, 0.6) is 0 Å². The van der Waals surface area contributed by atoms with Crippen LogP contribution in [0, 0.1) is 17.8 Å². The molecule has 1 aliphatic heterocycles. The summed E-state index contributed by atoms with van der Waals surface area (Å²) in [6.45, 7) is 7.62. The van der Waals surface area contributed by atoms with Crippen molar-refractivity contribution in [1.82, 2.24) is 4.90 Å². The minimum Gasteiger partial charge on any atom is -0.347 e. The van der Waals surface area contributed by atoms with Gasteiger partial charge >= 0.3 is 0 Å². The van der Waals surface area contributed by atoms with E-state index in [0.29, 0.717) is 12.3 Å². The largest absolute Gasteiger partial charge is 0.347 e. The maximum absolute atomic E-state index is 12.9. The lowest BCUT2D eigenvalue weighted by Crippen LogP contribution is -2.50. The molecule has 182 valence electrons. The monoisotopic (exact) mass is 489 g/mol. The number of amidine groups is 1. The standard InChI is InChI=1S/C27H39N3OS.ClH/c1-4-9-30-24(13-25(31)28-23-7-5-22(6-8-23)18(2)3)17-32-26(30)29-27-14-19-10-20(15-27)12-21(11-19)16-27;/h5-8,18-21,24H,4,9-17H2,1-3H3,(H,28,31);1H/b29-26-;. The lowest BCUT2D eigenvalue weighted by atomic mass is 9.53. The van der Waals surface area contributed by atoms with Gasteiger partial charge in [0.1, 0.15) is 0 Å². The lowest BCUT2D eigenvalue weighted by Gasteiger charge is -2.55. The van der Waals surface area contributed by atoms with Crippen molar-refractivity contribution >= 4 is 40.9 Å². The third-order valence-corrected chi connectivity index (χ3v) is 9.31. The van der Waals surface area contributed by atoms with E-state index in [1.54, 1.807) is 0 Å². The zero-order chi connectivity index (χ0) is 22.3. The number of rotatable bonds is 7. The molecule has 1 aromatic rings. The lowest BCUT2D eigenvalue weighted by molar-refractivity contribution is -0.116. The van der Waals surface area contributed by atoms with Crippen LogP contribution in [0.25, 0.3) is 0 Å². The van der Waals surface area contributed by atoms with Crippen molar-refractivity contribution in [2.24, 2.45) is 22.7 Å². The smallest absolute Gasteiger partial charge is 0.226 e. The third kappa shape index (κ3) is 5.40. The van der Waals surface area contributed by atoms with Crippen LogP contribution in [0.3, 0.4) is 0 Å². The van der Waals surface area contributed by atoms with Gasteiger partial charge < -0.3 is 10.2 Å². The second-order valence-electron chi connectivity index (χ2n) is 11.2. The second kappa shape index (κ2) is 10.2. The molecule has 1 unspecified atom stereocenters. The molecule has 4 saturated carbocycles. The molecule has 0 spiro atoms. The van der Waals surface area contributed by atoms with Crippen LogP contribution in [0.4, 0.5) is 5.69 Å². The number of hydrogen-bond donors (Lipinski definition) is 1. The molecular formula is C27H40ClN3OS. The minimum atomic E-state index is 0. The predicted molar refractivity (Wildman–Crippen MR) is 143 cm³/mol. The summed E-state index contributed by atoms with van der Waals surface area (Å²) in [7, 11) is 0. The molecule has 5 aliphatic rings. The van der Waals surface area contributed by atoms with Gasteiger partial charge in [0.25, 0.3) is 0 Å². The molecule has 4 bridgehead atoms. The fraction of sp³-hybridized carbons (Fsp3) is 0.704. The zero-order valence-corrected chi connectivity index (χ0v) is 22.0. The maximum atomic E-state index is 12.9. The van der Waals surface area contributed by atoms with Crippen molar-refractivity contribution in [3.63, 3.8) is 0 Å². The number of nitrogens with zero attached hydrogens (tertiary/aromatic N) is 2. The Morgan fingerprint density at radius 2 is 1.73 bits per heavy atom. The molecule has 5 fully saturated rings. The summed E-state index contributed by atoms with van der Waals surface area (Å²) in [4.78, 5) is 20.8. The Morgan fingerprint density at radius 1 is 1.12 bits per heavy atom. The number of amides is 1. The van der Waals surface area contributed by atoms with E-state index in [4.69, 9.17) is 4.99 Å². The quantitative estimate of drug-likeness (QED) is 0.462. The number of carbonyl (C=O) groups is 1. The number of aliphatic imine (C=N–C) groups is 1. The SMILES string of the molecule is CCCN1/C(=N/C23CC4CC(CC(C4)C2)C3)SCC1CC(=O)Nc1ccc(C(C)C)cc1.Cl.